The van der Waals surface area contributed by atoms with Gasteiger partial charge in [-0.1, -0.05) is 18.1 Å². The fourth-order valence-corrected chi connectivity index (χ4v) is 3.02. The predicted octanol–water partition coefficient (Wildman–Crippen LogP) is 4.42. The average molecular weight is 394 g/mol. The van der Waals surface area contributed by atoms with Crippen LogP contribution in [0.1, 0.15) is 34.7 Å². The molecule has 2 heterocycles. The van der Waals surface area contributed by atoms with E-state index < -0.39 is 35.7 Å². The molecule has 1 aliphatic rings. The van der Waals surface area contributed by atoms with Crippen LogP contribution in [0.25, 0.3) is 0 Å². The van der Waals surface area contributed by atoms with Gasteiger partial charge >= 0.3 is 6.09 Å². The summed E-state index contributed by atoms with van der Waals surface area (Å²) in [5, 5.41) is 2.59. The topological polar surface area (TPSA) is 51.2 Å². The summed E-state index contributed by atoms with van der Waals surface area (Å²) in [4.78, 5) is 16.2. The number of carbonyl (C=O) groups is 1. The molecule has 4 nitrogen and oxygen atoms in total. The van der Waals surface area contributed by atoms with E-state index in [1.807, 2.05) is 0 Å². The number of benzene rings is 2. The lowest BCUT2D eigenvalue weighted by Crippen LogP contribution is -2.21. The maximum Gasteiger partial charge on any atom is 0.408 e. The van der Waals surface area contributed by atoms with Gasteiger partial charge in [0, 0.05) is 17.2 Å². The zero-order valence-electron chi connectivity index (χ0n) is 14.8. The highest BCUT2D eigenvalue weighted by atomic mass is 19.1. The van der Waals surface area contributed by atoms with Gasteiger partial charge in [-0.05, 0) is 48.4 Å². The number of aromatic nitrogens is 1. The largest absolute Gasteiger partial charge is 0.439 e. The van der Waals surface area contributed by atoms with E-state index in [0.29, 0.717) is 17.0 Å². The molecular formula is C22H13F3N2O2. The standard InChI is InChI=1S/C22H13F3N2O2/c23-14-4-1-3-13(11-14)7-9-16-5-2-6-19(26-16)20-21(29-22(28)27-20)17-10-8-15(24)12-18(17)25/h1-6,8,10-12,20-21H,(H,27,28). The molecule has 3 aromatic rings. The number of nitrogens with one attached hydrogen (secondary N) is 1. The monoisotopic (exact) mass is 394 g/mol. The molecule has 29 heavy (non-hydrogen) atoms. The highest BCUT2D eigenvalue weighted by Crippen LogP contribution is 2.37. The van der Waals surface area contributed by atoms with Crippen molar-refractivity contribution in [3.05, 3.63) is 101 Å². The SMILES string of the molecule is O=C1NC(c2cccc(C#Cc3cccc(F)c3)n2)C(c2ccc(F)cc2F)O1. The van der Waals surface area contributed by atoms with Crippen molar-refractivity contribution in [3.63, 3.8) is 0 Å². The van der Waals surface area contributed by atoms with Crippen molar-refractivity contribution in [2.45, 2.75) is 12.1 Å². The van der Waals surface area contributed by atoms with E-state index in [9.17, 15) is 18.0 Å². The summed E-state index contributed by atoms with van der Waals surface area (Å²) in [6, 6.07) is 13.1. The minimum atomic E-state index is -1.01. The summed E-state index contributed by atoms with van der Waals surface area (Å²) >= 11 is 0. The summed E-state index contributed by atoms with van der Waals surface area (Å²) in [6.07, 6.45) is -1.75. The number of cyclic esters (lactones) is 1. The third-order valence-corrected chi connectivity index (χ3v) is 4.33. The number of hydrogen-bond acceptors (Lipinski definition) is 3. The number of nitrogens with zero attached hydrogens (tertiary/aromatic N) is 1. The Morgan fingerprint density at radius 2 is 1.72 bits per heavy atom. The van der Waals surface area contributed by atoms with Crippen molar-refractivity contribution in [2.24, 2.45) is 0 Å². The predicted molar refractivity (Wildman–Crippen MR) is 98.1 cm³/mol. The zero-order chi connectivity index (χ0) is 20.4. The number of halogens is 3. The summed E-state index contributed by atoms with van der Waals surface area (Å²) in [5.74, 6) is 3.70. The Kier molecular flexibility index (Phi) is 4.92. The van der Waals surface area contributed by atoms with E-state index in [1.54, 1.807) is 30.3 Å². The second-order valence-corrected chi connectivity index (χ2v) is 6.32. The van der Waals surface area contributed by atoms with Gasteiger partial charge in [0.05, 0.1) is 5.69 Å². The maximum absolute atomic E-state index is 14.2. The number of pyridine rings is 1. The number of rotatable bonds is 2. The molecule has 1 saturated heterocycles. The normalized spacial score (nSPS) is 17.8. The molecule has 7 heteroatoms. The van der Waals surface area contributed by atoms with E-state index in [-0.39, 0.29) is 5.56 Å². The molecule has 0 saturated carbocycles. The van der Waals surface area contributed by atoms with E-state index in [1.165, 1.54) is 18.2 Å². The molecule has 144 valence electrons. The molecule has 2 aromatic carbocycles. The van der Waals surface area contributed by atoms with Gasteiger partial charge in [-0.2, -0.15) is 0 Å². The van der Waals surface area contributed by atoms with Crippen LogP contribution in [0.4, 0.5) is 18.0 Å². The molecule has 0 radical (unpaired) electrons. The molecule has 1 amide bonds. The van der Waals surface area contributed by atoms with Gasteiger partial charge in [0.25, 0.3) is 0 Å². The van der Waals surface area contributed by atoms with Crippen LogP contribution in [0.2, 0.25) is 0 Å². The lowest BCUT2D eigenvalue weighted by molar-refractivity contribution is 0.129. The Morgan fingerprint density at radius 1 is 0.931 bits per heavy atom. The number of hydrogen-bond donors (Lipinski definition) is 1. The van der Waals surface area contributed by atoms with E-state index in [4.69, 9.17) is 4.74 Å². The molecule has 0 aliphatic carbocycles. The minimum Gasteiger partial charge on any atom is -0.439 e. The van der Waals surface area contributed by atoms with Crippen LogP contribution in [0.15, 0.2) is 60.7 Å². The van der Waals surface area contributed by atoms with Crippen molar-refractivity contribution in [1.29, 1.82) is 0 Å². The molecule has 1 N–H and O–H groups in total. The van der Waals surface area contributed by atoms with Crippen LogP contribution < -0.4 is 5.32 Å². The fourth-order valence-electron chi connectivity index (χ4n) is 3.02. The highest BCUT2D eigenvalue weighted by Gasteiger charge is 2.38. The Labute approximate surface area is 164 Å². The van der Waals surface area contributed by atoms with Crippen LogP contribution in [-0.2, 0) is 4.74 Å². The van der Waals surface area contributed by atoms with Crippen LogP contribution in [0.5, 0.6) is 0 Å². The molecule has 1 aromatic heterocycles. The third kappa shape index (κ3) is 4.06. The van der Waals surface area contributed by atoms with E-state index in [2.05, 4.69) is 22.1 Å². The van der Waals surface area contributed by atoms with E-state index in [0.717, 1.165) is 12.1 Å². The average Bonchev–Trinajstić information content (AvgIpc) is 3.08. The Morgan fingerprint density at radius 3 is 2.52 bits per heavy atom. The number of carbonyl (C=O) groups excluding carboxylic acids is 1. The Balaban J connectivity index is 1.65. The van der Waals surface area contributed by atoms with Crippen LogP contribution >= 0.6 is 0 Å². The van der Waals surface area contributed by atoms with Crippen LogP contribution in [-0.4, -0.2) is 11.1 Å². The first-order valence-electron chi connectivity index (χ1n) is 8.66. The number of ether oxygens (including phenoxy) is 1. The second-order valence-electron chi connectivity index (χ2n) is 6.32. The van der Waals surface area contributed by atoms with Gasteiger partial charge in [-0.3, -0.25) is 0 Å². The molecule has 2 atom stereocenters. The fraction of sp³-hybridized carbons (Fsp3) is 0.0909. The lowest BCUT2D eigenvalue weighted by Gasteiger charge is -2.17. The molecule has 4 rings (SSSR count). The second kappa shape index (κ2) is 7.68. The summed E-state index contributed by atoms with van der Waals surface area (Å²) in [7, 11) is 0. The minimum absolute atomic E-state index is 0.0350. The smallest absolute Gasteiger partial charge is 0.408 e. The first kappa shape index (κ1) is 18.6. The summed E-state index contributed by atoms with van der Waals surface area (Å²) in [5.41, 5.74) is 1.30. The lowest BCUT2D eigenvalue weighted by atomic mass is 9.99. The molecule has 1 fully saturated rings. The van der Waals surface area contributed by atoms with Crippen LogP contribution in [0, 0.1) is 29.3 Å². The van der Waals surface area contributed by atoms with Crippen molar-refractivity contribution in [1.82, 2.24) is 10.3 Å². The summed E-state index contributed by atoms with van der Waals surface area (Å²) < 4.78 is 45.9. The zero-order valence-corrected chi connectivity index (χ0v) is 14.8. The van der Waals surface area contributed by atoms with Crippen molar-refractivity contribution in [3.8, 4) is 11.8 Å². The van der Waals surface area contributed by atoms with Gasteiger partial charge < -0.3 is 10.1 Å². The first-order chi connectivity index (χ1) is 14.0. The third-order valence-electron chi connectivity index (χ3n) is 4.33. The van der Waals surface area contributed by atoms with Crippen molar-refractivity contribution >= 4 is 6.09 Å². The molecule has 0 spiro atoms. The molecule has 2 unspecified atom stereocenters. The first-order valence-corrected chi connectivity index (χ1v) is 8.66. The Hall–Kier alpha value is -3.79. The quantitative estimate of drug-likeness (QED) is 0.655. The van der Waals surface area contributed by atoms with Crippen molar-refractivity contribution in [2.75, 3.05) is 0 Å². The number of alkyl carbamates (subject to hydrolysis) is 1. The van der Waals surface area contributed by atoms with E-state index >= 15 is 0 Å². The van der Waals surface area contributed by atoms with Gasteiger partial charge in [0.15, 0.2) is 6.10 Å². The molecular weight excluding hydrogens is 381 g/mol. The van der Waals surface area contributed by atoms with Gasteiger partial charge in [-0.25, -0.2) is 22.9 Å². The molecule has 0 bridgehead atoms. The van der Waals surface area contributed by atoms with Crippen molar-refractivity contribution < 1.29 is 22.7 Å². The number of amides is 1. The van der Waals surface area contributed by atoms with Gasteiger partial charge in [-0.15, -0.1) is 0 Å². The van der Waals surface area contributed by atoms with Gasteiger partial charge in [0.2, 0.25) is 0 Å². The summed E-state index contributed by atoms with van der Waals surface area (Å²) in [6.45, 7) is 0. The Bertz CT molecular complexity index is 1150. The highest BCUT2D eigenvalue weighted by molar-refractivity contribution is 5.71. The molecule has 1 aliphatic heterocycles. The van der Waals surface area contributed by atoms with Gasteiger partial charge in [0.1, 0.15) is 29.2 Å². The maximum atomic E-state index is 14.2. The van der Waals surface area contributed by atoms with Crippen LogP contribution in [0.3, 0.4) is 0 Å².